The topological polar surface area (TPSA) is 49.6 Å². The van der Waals surface area contributed by atoms with Gasteiger partial charge in [0.1, 0.15) is 5.82 Å². The molecule has 4 nitrogen and oxygen atoms in total. The molecule has 0 unspecified atom stereocenters. The lowest BCUT2D eigenvalue weighted by atomic mass is 9.99. The largest absolute Gasteiger partial charge is 0.396 e. The number of hydrogen-bond donors (Lipinski definition) is 1. The Morgan fingerprint density at radius 1 is 1.37 bits per heavy atom. The highest BCUT2D eigenvalue weighted by molar-refractivity contribution is 5.99. The van der Waals surface area contributed by atoms with Crippen molar-refractivity contribution < 1.29 is 9.18 Å². The lowest BCUT2D eigenvalue weighted by Gasteiger charge is -2.45. The predicted octanol–water partition coefficient (Wildman–Crippen LogP) is 1.57. The van der Waals surface area contributed by atoms with Crippen LogP contribution >= 0.6 is 0 Å². The Morgan fingerprint density at radius 3 is 2.68 bits per heavy atom. The fraction of sp³-hybridized carbons (Fsp3) is 0.500. The van der Waals surface area contributed by atoms with E-state index in [-0.39, 0.29) is 22.7 Å². The second-order valence-electron chi connectivity index (χ2n) is 5.66. The minimum Gasteiger partial charge on any atom is -0.396 e. The van der Waals surface area contributed by atoms with Crippen molar-refractivity contribution >= 4 is 11.6 Å². The van der Waals surface area contributed by atoms with E-state index in [1.165, 1.54) is 12.1 Å². The molecule has 1 amide bonds. The highest BCUT2D eigenvalue weighted by Gasteiger charge is 2.34. The third-order valence-corrected chi connectivity index (χ3v) is 3.89. The van der Waals surface area contributed by atoms with Gasteiger partial charge in [-0.2, -0.15) is 0 Å². The van der Waals surface area contributed by atoms with Gasteiger partial charge < -0.3 is 10.6 Å². The van der Waals surface area contributed by atoms with Crippen molar-refractivity contribution in [2.24, 2.45) is 0 Å². The normalized spacial score (nSPS) is 19.5. The van der Waals surface area contributed by atoms with Crippen LogP contribution in [0.5, 0.6) is 0 Å². The number of nitrogens with two attached hydrogens (primary N) is 1. The molecule has 1 aliphatic rings. The molecule has 1 aliphatic heterocycles. The first kappa shape index (κ1) is 13.8. The zero-order valence-electron chi connectivity index (χ0n) is 11.6. The van der Waals surface area contributed by atoms with Crippen molar-refractivity contribution in [2.45, 2.75) is 19.4 Å². The van der Waals surface area contributed by atoms with E-state index < -0.39 is 5.82 Å². The Kier molecular flexibility index (Phi) is 3.49. The number of para-hydroxylation sites is 1. The second kappa shape index (κ2) is 4.81. The number of nitrogen functional groups attached to an aromatic ring is 1. The van der Waals surface area contributed by atoms with Crippen molar-refractivity contribution in [3.63, 3.8) is 0 Å². The lowest BCUT2D eigenvalue weighted by Crippen LogP contribution is -2.58. The van der Waals surface area contributed by atoms with Crippen LogP contribution in [-0.2, 0) is 0 Å². The smallest absolute Gasteiger partial charge is 0.256 e. The first-order valence-corrected chi connectivity index (χ1v) is 6.37. The Hall–Kier alpha value is -1.62. The number of benzene rings is 1. The number of rotatable bonds is 1. The molecule has 1 aromatic carbocycles. The number of nitrogens with zero attached hydrogens (tertiary/aromatic N) is 2. The standard InChI is InChI=1S/C14H20FN3O/c1-14(2)9-18(8-7-17(14)3)13(19)10-5-4-6-11(15)12(10)16/h4-6H,7-9,16H2,1-3H3. The van der Waals surface area contributed by atoms with Crippen LogP contribution in [0.15, 0.2) is 18.2 Å². The van der Waals surface area contributed by atoms with E-state index in [1.807, 2.05) is 7.05 Å². The van der Waals surface area contributed by atoms with Crippen molar-refractivity contribution in [1.82, 2.24) is 9.80 Å². The Labute approximate surface area is 113 Å². The third-order valence-electron chi connectivity index (χ3n) is 3.89. The molecule has 0 aromatic heterocycles. The maximum Gasteiger partial charge on any atom is 0.256 e. The highest BCUT2D eigenvalue weighted by atomic mass is 19.1. The lowest BCUT2D eigenvalue weighted by molar-refractivity contribution is 0.0312. The molecule has 104 valence electrons. The summed E-state index contributed by atoms with van der Waals surface area (Å²) in [6, 6.07) is 4.35. The van der Waals surface area contributed by atoms with E-state index >= 15 is 0 Å². The molecule has 1 aromatic rings. The molecule has 1 saturated heterocycles. The van der Waals surface area contributed by atoms with Gasteiger partial charge in [-0.15, -0.1) is 0 Å². The van der Waals surface area contributed by atoms with Crippen LogP contribution in [0.2, 0.25) is 0 Å². The zero-order chi connectivity index (χ0) is 14.2. The van der Waals surface area contributed by atoms with Crippen LogP contribution in [0.3, 0.4) is 0 Å². The summed E-state index contributed by atoms with van der Waals surface area (Å²) in [5, 5.41) is 0. The van der Waals surface area contributed by atoms with Gasteiger partial charge in [0.05, 0.1) is 11.3 Å². The van der Waals surface area contributed by atoms with Gasteiger partial charge in [-0.1, -0.05) is 6.07 Å². The first-order chi connectivity index (χ1) is 8.83. The maximum atomic E-state index is 13.4. The van der Waals surface area contributed by atoms with Gasteiger partial charge in [-0.05, 0) is 33.0 Å². The van der Waals surface area contributed by atoms with Gasteiger partial charge in [-0.3, -0.25) is 9.69 Å². The molecule has 0 saturated carbocycles. The molecule has 0 atom stereocenters. The number of hydrogen-bond acceptors (Lipinski definition) is 3. The highest BCUT2D eigenvalue weighted by Crippen LogP contribution is 2.23. The summed E-state index contributed by atoms with van der Waals surface area (Å²) >= 11 is 0. The molecular formula is C14H20FN3O. The van der Waals surface area contributed by atoms with Crippen molar-refractivity contribution in [2.75, 3.05) is 32.4 Å². The molecule has 2 N–H and O–H groups in total. The van der Waals surface area contributed by atoms with Crippen LogP contribution in [0, 0.1) is 5.82 Å². The molecule has 1 heterocycles. The average Bonchev–Trinajstić information content (AvgIpc) is 2.35. The van der Waals surface area contributed by atoms with E-state index in [0.29, 0.717) is 13.1 Å². The average molecular weight is 265 g/mol. The number of piperazine rings is 1. The first-order valence-electron chi connectivity index (χ1n) is 6.37. The van der Waals surface area contributed by atoms with Gasteiger partial charge in [0.2, 0.25) is 0 Å². The summed E-state index contributed by atoms with van der Waals surface area (Å²) in [5.74, 6) is -0.739. The molecule has 1 fully saturated rings. The SMILES string of the molecule is CN1CCN(C(=O)c2cccc(F)c2N)CC1(C)C. The van der Waals surface area contributed by atoms with Crippen molar-refractivity contribution in [1.29, 1.82) is 0 Å². The van der Waals surface area contributed by atoms with Crippen LogP contribution in [0.1, 0.15) is 24.2 Å². The summed E-state index contributed by atoms with van der Waals surface area (Å²) in [6.07, 6.45) is 0. The van der Waals surface area contributed by atoms with Crippen LogP contribution < -0.4 is 5.73 Å². The summed E-state index contributed by atoms with van der Waals surface area (Å²) < 4.78 is 13.4. The van der Waals surface area contributed by atoms with Crippen LogP contribution in [0.4, 0.5) is 10.1 Å². The summed E-state index contributed by atoms with van der Waals surface area (Å²) in [4.78, 5) is 16.4. The number of amides is 1. The second-order valence-corrected chi connectivity index (χ2v) is 5.66. The summed E-state index contributed by atoms with van der Waals surface area (Å²) in [5.41, 5.74) is 5.75. The number of anilines is 1. The van der Waals surface area contributed by atoms with E-state index in [1.54, 1.807) is 11.0 Å². The Bertz CT molecular complexity index is 501. The molecule has 0 spiro atoms. The fourth-order valence-corrected chi connectivity index (χ4v) is 2.31. The minimum absolute atomic E-state index is 0.0655. The van der Waals surface area contributed by atoms with Gasteiger partial charge in [0.25, 0.3) is 5.91 Å². The summed E-state index contributed by atoms with van der Waals surface area (Å²) in [6.45, 7) is 6.21. The van der Waals surface area contributed by atoms with Gasteiger partial charge in [0.15, 0.2) is 0 Å². The summed E-state index contributed by atoms with van der Waals surface area (Å²) in [7, 11) is 2.04. The molecule has 5 heteroatoms. The van der Waals surface area contributed by atoms with Gasteiger partial charge >= 0.3 is 0 Å². The quantitative estimate of drug-likeness (QED) is 0.784. The maximum absolute atomic E-state index is 13.4. The van der Waals surface area contributed by atoms with E-state index in [9.17, 15) is 9.18 Å². The molecule has 0 bridgehead atoms. The monoisotopic (exact) mass is 265 g/mol. The number of carbonyl (C=O) groups excluding carboxylic acids is 1. The van der Waals surface area contributed by atoms with Crippen LogP contribution in [0.25, 0.3) is 0 Å². The molecule has 2 rings (SSSR count). The molecule has 0 radical (unpaired) electrons. The van der Waals surface area contributed by atoms with Gasteiger partial charge in [-0.25, -0.2) is 4.39 Å². The minimum atomic E-state index is -0.542. The number of carbonyl (C=O) groups is 1. The van der Waals surface area contributed by atoms with Crippen LogP contribution in [-0.4, -0.2) is 47.9 Å². The molecule has 19 heavy (non-hydrogen) atoms. The van der Waals surface area contributed by atoms with E-state index in [2.05, 4.69) is 18.7 Å². The molecular weight excluding hydrogens is 245 g/mol. The van der Waals surface area contributed by atoms with E-state index in [0.717, 1.165) is 6.54 Å². The Morgan fingerprint density at radius 2 is 2.05 bits per heavy atom. The zero-order valence-corrected chi connectivity index (χ0v) is 11.6. The van der Waals surface area contributed by atoms with Gasteiger partial charge in [0, 0.05) is 25.2 Å². The fourth-order valence-electron chi connectivity index (χ4n) is 2.31. The third kappa shape index (κ3) is 2.56. The Balaban J connectivity index is 2.23. The van der Waals surface area contributed by atoms with Crippen molar-refractivity contribution in [3.05, 3.63) is 29.6 Å². The number of halogens is 1. The van der Waals surface area contributed by atoms with E-state index in [4.69, 9.17) is 5.73 Å². The number of likely N-dealkylation sites (N-methyl/N-ethyl adjacent to an activating group) is 1. The molecule has 0 aliphatic carbocycles. The predicted molar refractivity (Wildman–Crippen MR) is 73.4 cm³/mol. The van der Waals surface area contributed by atoms with Crippen molar-refractivity contribution in [3.8, 4) is 0 Å².